The largest absolute Gasteiger partial charge is 0.358 e. The van der Waals surface area contributed by atoms with Crippen LogP contribution >= 0.6 is 0 Å². The van der Waals surface area contributed by atoms with Crippen LogP contribution in [0, 0.1) is 23.1 Å². The van der Waals surface area contributed by atoms with E-state index < -0.39 is 17.2 Å². The Bertz CT molecular complexity index is 1420. The van der Waals surface area contributed by atoms with Crippen molar-refractivity contribution in [3.8, 4) is 0 Å². The molecule has 1 aromatic heterocycles. The third-order valence-corrected chi connectivity index (χ3v) is 7.44. The standard InChI is InChI=1S/C27H22FN3O3/c28-17-7-4-15(5-8-17)24(32)29-18-9-11-23-20(14-18)19-13-16(6-10-22(19)30-23)27-12-2-1-3-21(27)25(33)31-26(27)34/h1-5,7-9,11-12,14,16,21,30H,6,10,13H2,(H,29,32)(H,31,33,34). The zero-order valence-corrected chi connectivity index (χ0v) is 18.2. The maximum absolute atomic E-state index is 13.2. The van der Waals surface area contributed by atoms with Gasteiger partial charge >= 0.3 is 0 Å². The highest BCUT2D eigenvalue weighted by atomic mass is 19.1. The molecule has 3 unspecified atom stereocenters. The number of nitrogens with one attached hydrogen (secondary N) is 3. The SMILES string of the molecule is O=C(Nc1ccc2[nH]c3c(c2c1)CC(C12C=CC=CC1C(=O)NC2=O)CC3)c1ccc(F)cc1. The van der Waals surface area contributed by atoms with E-state index in [9.17, 15) is 18.8 Å². The summed E-state index contributed by atoms with van der Waals surface area (Å²) in [7, 11) is 0. The number of carbonyl (C=O) groups is 3. The summed E-state index contributed by atoms with van der Waals surface area (Å²) >= 11 is 0. The second-order valence-electron chi connectivity index (χ2n) is 9.22. The van der Waals surface area contributed by atoms with Crippen LogP contribution in [0.4, 0.5) is 10.1 Å². The predicted molar refractivity (Wildman–Crippen MR) is 126 cm³/mol. The first kappa shape index (κ1) is 20.6. The summed E-state index contributed by atoms with van der Waals surface area (Å²) in [5.74, 6) is -1.66. The van der Waals surface area contributed by atoms with Gasteiger partial charge in [0.25, 0.3) is 5.91 Å². The zero-order valence-electron chi connectivity index (χ0n) is 18.2. The number of aromatic nitrogens is 1. The molecule has 0 saturated carbocycles. The molecule has 1 aliphatic heterocycles. The fraction of sp³-hybridized carbons (Fsp3) is 0.222. The van der Waals surface area contributed by atoms with E-state index in [4.69, 9.17) is 0 Å². The third kappa shape index (κ3) is 3.04. The Morgan fingerprint density at radius 2 is 1.91 bits per heavy atom. The molecule has 3 amide bonds. The van der Waals surface area contributed by atoms with Gasteiger partial charge in [-0.3, -0.25) is 19.7 Å². The summed E-state index contributed by atoms with van der Waals surface area (Å²) < 4.78 is 13.2. The van der Waals surface area contributed by atoms with E-state index in [1.165, 1.54) is 24.3 Å². The van der Waals surface area contributed by atoms with Crippen molar-refractivity contribution in [2.24, 2.45) is 17.3 Å². The minimum atomic E-state index is -0.860. The topological polar surface area (TPSA) is 91.1 Å². The molecule has 3 aliphatic rings. The van der Waals surface area contributed by atoms with Crippen LogP contribution in [-0.4, -0.2) is 22.7 Å². The summed E-state index contributed by atoms with van der Waals surface area (Å²) in [6.07, 6.45) is 9.65. The fourth-order valence-electron chi connectivity index (χ4n) is 5.75. The average molecular weight is 455 g/mol. The first-order valence-electron chi connectivity index (χ1n) is 11.4. The number of carbonyl (C=O) groups excluding carboxylic acids is 3. The Morgan fingerprint density at radius 1 is 1.09 bits per heavy atom. The van der Waals surface area contributed by atoms with Gasteiger partial charge in [0.2, 0.25) is 11.8 Å². The van der Waals surface area contributed by atoms with Crippen LogP contribution in [0.5, 0.6) is 0 Å². The van der Waals surface area contributed by atoms with Crippen molar-refractivity contribution >= 4 is 34.3 Å². The lowest BCUT2D eigenvalue weighted by molar-refractivity contribution is -0.129. The number of benzene rings is 2. The molecule has 1 fully saturated rings. The van der Waals surface area contributed by atoms with Gasteiger partial charge < -0.3 is 10.3 Å². The Hall–Kier alpha value is -4.00. The van der Waals surface area contributed by atoms with Gasteiger partial charge in [0, 0.05) is 27.8 Å². The van der Waals surface area contributed by atoms with Crippen molar-refractivity contribution in [3.05, 3.63) is 89.4 Å². The van der Waals surface area contributed by atoms with Crippen LogP contribution in [0.15, 0.2) is 66.8 Å². The molecule has 6 rings (SSSR count). The molecule has 3 N–H and O–H groups in total. The van der Waals surface area contributed by atoms with Gasteiger partial charge in [0.15, 0.2) is 0 Å². The molecule has 0 radical (unpaired) electrons. The molecule has 2 heterocycles. The molecule has 2 aromatic carbocycles. The molecule has 1 saturated heterocycles. The van der Waals surface area contributed by atoms with Crippen LogP contribution in [-0.2, 0) is 22.4 Å². The number of amides is 3. The van der Waals surface area contributed by atoms with Crippen LogP contribution in [0.2, 0.25) is 0 Å². The van der Waals surface area contributed by atoms with Gasteiger partial charge in [-0.25, -0.2) is 4.39 Å². The summed E-state index contributed by atoms with van der Waals surface area (Å²) in [4.78, 5) is 41.6. The van der Waals surface area contributed by atoms with Crippen LogP contribution in [0.25, 0.3) is 10.9 Å². The molecule has 2 aliphatic carbocycles. The lowest BCUT2D eigenvalue weighted by Crippen LogP contribution is -2.43. The highest BCUT2D eigenvalue weighted by molar-refractivity contribution is 6.10. The Kier molecular flexibility index (Phi) is 4.55. The van der Waals surface area contributed by atoms with Crippen molar-refractivity contribution < 1.29 is 18.8 Å². The molecule has 0 spiro atoms. The summed E-state index contributed by atoms with van der Waals surface area (Å²) in [5.41, 5.74) is 3.36. The van der Waals surface area contributed by atoms with Crippen molar-refractivity contribution in [2.75, 3.05) is 5.32 Å². The van der Waals surface area contributed by atoms with Crippen molar-refractivity contribution in [1.29, 1.82) is 0 Å². The normalized spacial score (nSPS) is 25.2. The third-order valence-electron chi connectivity index (χ3n) is 7.44. The Balaban J connectivity index is 1.32. The van der Waals surface area contributed by atoms with E-state index in [-0.39, 0.29) is 23.6 Å². The average Bonchev–Trinajstić information content (AvgIpc) is 3.33. The first-order chi connectivity index (χ1) is 16.5. The van der Waals surface area contributed by atoms with Gasteiger partial charge in [-0.1, -0.05) is 24.3 Å². The number of fused-ring (bicyclic) bond motifs is 4. The minimum absolute atomic E-state index is 0.0193. The monoisotopic (exact) mass is 455 g/mol. The number of H-pyrrole nitrogens is 1. The summed E-state index contributed by atoms with van der Waals surface area (Å²) in [6, 6.07) is 11.1. The number of hydrogen-bond acceptors (Lipinski definition) is 3. The number of rotatable bonds is 3. The Morgan fingerprint density at radius 3 is 2.74 bits per heavy atom. The number of aryl methyl sites for hydroxylation is 1. The van der Waals surface area contributed by atoms with Crippen LogP contribution in [0.1, 0.15) is 28.0 Å². The van der Waals surface area contributed by atoms with E-state index in [0.717, 1.165) is 35.0 Å². The molecule has 34 heavy (non-hydrogen) atoms. The van der Waals surface area contributed by atoms with Crippen molar-refractivity contribution in [2.45, 2.75) is 19.3 Å². The van der Waals surface area contributed by atoms with E-state index in [1.54, 1.807) is 0 Å². The van der Waals surface area contributed by atoms with Crippen molar-refractivity contribution in [1.82, 2.24) is 10.3 Å². The number of halogens is 1. The molecule has 3 atom stereocenters. The number of allylic oxidation sites excluding steroid dienone is 2. The first-order valence-corrected chi connectivity index (χ1v) is 11.4. The maximum Gasteiger partial charge on any atom is 0.255 e. The predicted octanol–water partition coefficient (Wildman–Crippen LogP) is 4.05. The Labute approximate surface area is 194 Å². The molecule has 170 valence electrons. The van der Waals surface area contributed by atoms with Crippen molar-refractivity contribution in [3.63, 3.8) is 0 Å². The quantitative estimate of drug-likeness (QED) is 0.521. The minimum Gasteiger partial charge on any atom is -0.358 e. The molecule has 6 nitrogen and oxygen atoms in total. The highest BCUT2D eigenvalue weighted by Gasteiger charge is 2.57. The highest BCUT2D eigenvalue weighted by Crippen LogP contribution is 2.50. The van der Waals surface area contributed by atoms with Gasteiger partial charge in [-0.05, 0) is 73.2 Å². The lowest BCUT2D eigenvalue weighted by atomic mass is 9.61. The number of anilines is 1. The molecule has 3 aromatic rings. The van der Waals surface area contributed by atoms with Gasteiger partial charge in [0.1, 0.15) is 5.82 Å². The fourth-order valence-corrected chi connectivity index (χ4v) is 5.75. The van der Waals surface area contributed by atoms with Gasteiger partial charge in [-0.15, -0.1) is 0 Å². The van der Waals surface area contributed by atoms with E-state index in [0.29, 0.717) is 17.7 Å². The molecular formula is C27H22FN3O3. The van der Waals surface area contributed by atoms with E-state index in [1.807, 2.05) is 42.5 Å². The number of hydrogen-bond donors (Lipinski definition) is 3. The zero-order chi connectivity index (χ0) is 23.4. The second kappa shape index (κ2) is 7.52. The summed E-state index contributed by atoms with van der Waals surface area (Å²) in [6.45, 7) is 0. The second-order valence-corrected chi connectivity index (χ2v) is 9.22. The molecule has 0 bridgehead atoms. The van der Waals surface area contributed by atoms with E-state index >= 15 is 0 Å². The maximum atomic E-state index is 13.2. The van der Waals surface area contributed by atoms with E-state index in [2.05, 4.69) is 15.6 Å². The van der Waals surface area contributed by atoms with Gasteiger partial charge in [0.05, 0.1) is 11.3 Å². The number of imide groups is 1. The number of aromatic amines is 1. The van der Waals surface area contributed by atoms with Gasteiger partial charge in [-0.2, -0.15) is 0 Å². The van der Waals surface area contributed by atoms with Crippen LogP contribution < -0.4 is 10.6 Å². The summed E-state index contributed by atoms with van der Waals surface area (Å²) in [5, 5.41) is 6.42. The molecule has 7 heteroatoms. The molecular weight excluding hydrogens is 433 g/mol. The van der Waals surface area contributed by atoms with Crippen LogP contribution in [0.3, 0.4) is 0 Å². The smallest absolute Gasteiger partial charge is 0.255 e. The lowest BCUT2D eigenvalue weighted by Gasteiger charge is -2.38.